The van der Waals surface area contributed by atoms with Crippen LogP contribution in [0.25, 0.3) is 11.3 Å². The van der Waals surface area contributed by atoms with Crippen LogP contribution in [0.2, 0.25) is 0 Å². The molecule has 1 aliphatic carbocycles. The normalized spacial score (nSPS) is 19.0. The minimum atomic E-state index is 0.0777. The summed E-state index contributed by atoms with van der Waals surface area (Å²) in [5, 5.41) is 7.73. The van der Waals surface area contributed by atoms with Crippen molar-refractivity contribution in [2.45, 2.75) is 44.3 Å². The fourth-order valence-electron chi connectivity index (χ4n) is 3.98. The molecule has 0 aromatic carbocycles. The second kappa shape index (κ2) is 9.58. The zero-order chi connectivity index (χ0) is 20.8. The third-order valence-corrected chi connectivity index (χ3v) is 5.49. The van der Waals surface area contributed by atoms with E-state index in [9.17, 15) is 4.79 Å². The maximum absolute atomic E-state index is 12.4. The van der Waals surface area contributed by atoms with E-state index in [0.29, 0.717) is 19.1 Å². The molecule has 8 nitrogen and oxygen atoms in total. The summed E-state index contributed by atoms with van der Waals surface area (Å²) in [5.74, 6) is 0.0777. The lowest BCUT2D eigenvalue weighted by Gasteiger charge is -2.29. The number of nitrogens with one attached hydrogen (secondary N) is 1. The molecule has 3 aromatic rings. The predicted octanol–water partition coefficient (Wildman–Crippen LogP) is 2.47. The van der Waals surface area contributed by atoms with Gasteiger partial charge in [-0.2, -0.15) is 5.10 Å². The van der Waals surface area contributed by atoms with E-state index in [2.05, 4.69) is 25.4 Å². The summed E-state index contributed by atoms with van der Waals surface area (Å²) in [5.41, 5.74) is 2.92. The van der Waals surface area contributed by atoms with Gasteiger partial charge < -0.3 is 5.32 Å². The highest BCUT2D eigenvalue weighted by Gasteiger charge is 2.24. The first kappa shape index (κ1) is 20.2. The van der Waals surface area contributed by atoms with Crippen LogP contribution in [0.1, 0.15) is 37.3 Å². The molecule has 0 spiro atoms. The van der Waals surface area contributed by atoms with Gasteiger partial charge in [0.1, 0.15) is 0 Å². The van der Waals surface area contributed by atoms with Crippen molar-refractivity contribution in [3.8, 4) is 11.3 Å². The van der Waals surface area contributed by atoms with Gasteiger partial charge in [-0.3, -0.25) is 29.3 Å². The van der Waals surface area contributed by atoms with Crippen LogP contribution in [0.5, 0.6) is 0 Å². The van der Waals surface area contributed by atoms with Crippen LogP contribution in [0.4, 0.5) is 0 Å². The summed E-state index contributed by atoms with van der Waals surface area (Å²) in [6.07, 6.45) is 16.5. The van der Waals surface area contributed by atoms with E-state index in [1.807, 2.05) is 47.4 Å². The van der Waals surface area contributed by atoms with Crippen LogP contribution in [-0.4, -0.2) is 55.2 Å². The molecule has 0 radical (unpaired) electrons. The van der Waals surface area contributed by atoms with Crippen molar-refractivity contribution in [2.24, 2.45) is 0 Å². The molecule has 0 saturated heterocycles. The first-order valence-corrected chi connectivity index (χ1v) is 10.3. The molecule has 0 atom stereocenters. The second-order valence-corrected chi connectivity index (χ2v) is 7.91. The SMILES string of the molecule is CN(CC(=O)NC1CCC(n2cc(-c3cnccn3)cn2)CC1)Cc1cccnc1. The summed E-state index contributed by atoms with van der Waals surface area (Å²) in [6, 6.07) is 4.53. The van der Waals surface area contributed by atoms with Crippen molar-refractivity contribution in [2.75, 3.05) is 13.6 Å². The molecule has 30 heavy (non-hydrogen) atoms. The average Bonchev–Trinajstić information content (AvgIpc) is 3.26. The van der Waals surface area contributed by atoms with Gasteiger partial charge >= 0.3 is 0 Å². The van der Waals surface area contributed by atoms with Crippen molar-refractivity contribution < 1.29 is 4.79 Å². The van der Waals surface area contributed by atoms with Crippen molar-refractivity contribution in [1.82, 2.24) is 34.9 Å². The van der Waals surface area contributed by atoms with Gasteiger partial charge in [0.25, 0.3) is 0 Å². The number of carbonyl (C=O) groups excluding carboxylic acids is 1. The van der Waals surface area contributed by atoms with E-state index in [1.54, 1.807) is 24.8 Å². The summed E-state index contributed by atoms with van der Waals surface area (Å²) in [6.45, 7) is 1.09. The number of aromatic nitrogens is 5. The fraction of sp³-hybridized carbons (Fsp3) is 0.409. The monoisotopic (exact) mass is 405 g/mol. The molecular formula is C22H27N7O. The van der Waals surface area contributed by atoms with Crippen LogP contribution in [-0.2, 0) is 11.3 Å². The Morgan fingerprint density at radius 3 is 2.70 bits per heavy atom. The largest absolute Gasteiger partial charge is 0.352 e. The van der Waals surface area contributed by atoms with Crippen LogP contribution in [0, 0.1) is 0 Å². The molecule has 1 fully saturated rings. The second-order valence-electron chi connectivity index (χ2n) is 7.91. The van der Waals surface area contributed by atoms with Gasteiger partial charge in [-0.05, 0) is 44.4 Å². The van der Waals surface area contributed by atoms with Gasteiger partial charge in [0.2, 0.25) is 5.91 Å². The predicted molar refractivity (Wildman–Crippen MR) is 113 cm³/mol. The number of amides is 1. The zero-order valence-corrected chi connectivity index (χ0v) is 17.2. The van der Waals surface area contributed by atoms with Crippen molar-refractivity contribution in [3.63, 3.8) is 0 Å². The molecule has 156 valence electrons. The Labute approximate surface area is 176 Å². The molecule has 3 heterocycles. The summed E-state index contributed by atoms with van der Waals surface area (Å²) in [4.78, 5) is 27.0. The van der Waals surface area contributed by atoms with Gasteiger partial charge in [-0.1, -0.05) is 6.07 Å². The van der Waals surface area contributed by atoms with Crippen LogP contribution in [0.3, 0.4) is 0 Å². The van der Waals surface area contributed by atoms with Gasteiger partial charge in [-0.25, -0.2) is 0 Å². The summed E-state index contributed by atoms with van der Waals surface area (Å²) in [7, 11) is 1.95. The third kappa shape index (κ3) is 5.27. The van der Waals surface area contributed by atoms with Crippen LogP contribution >= 0.6 is 0 Å². The van der Waals surface area contributed by atoms with E-state index in [-0.39, 0.29) is 11.9 Å². The lowest BCUT2D eigenvalue weighted by Crippen LogP contribution is -2.42. The van der Waals surface area contributed by atoms with E-state index < -0.39 is 0 Å². The number of hydrogen-bond donors (Lipinski definition) is 1. The van der Waals surface area contributed by atoms with Gasteiger partial charge in [0.05, 0.1) is 30.7 Å². The van der Waals surface area contributed by atoms with E-state index >= 15 is 0 Å². The number of nitrogens with zero attached hydrogens (tertiary/aromatic N) is 6. The van der Waals surface area contributed by atoms with Crippen LogP contribution in [0.15, 0.2) is 55.5 Å². The van der Waals surface area contributed by atoms with Crippen molar-refractivity contribution in [3.05, 3.63) is 61.1 Å². The standard InChI is InChI=1S/C22H27N7O/c1-28(14-17-3-2-8-23-11-17)16-22(30)27-19-4-6-20(7-5-19)29-15-18(12-26-29)21-13-24-9-10-25-21/h2-3,8-13,15,19-20H,4-7,14,16H2,1H3,(H,27,30). The first-order valence-electron chi connectivity index (χ1n) is 10.3. The van der Waals surface area contributed by atoms with E-state index in [0.717, 1.165) is 42.5 Å². The maximum atomic E-state index is 12.4. The average molecular weight is 406 g/mol. The summed E-state index contributed by atoms with van der Waals surface area (Å²) >= 11 is 0. The highest BCUT2D eigenvalue weighted by molar-refractivity contribution is 5.78. The molecular weight excluding hydrogens is 378 g/mol. The molecule has 4 rings (SSSR count). The Morgan fingerprint density at radius 2 is 1.97 bits per heavy atom. The number of hydrogen-bond acceptors (Lipinski definition) is 6. The highest BCUT2D eigenvalue weighted by atomic mass is 16.2. The molecule has 1 amide bonds. The van der Waals surface area contributed by atoms with Crippen molar-refractivity contribution >= 4 is 5.91 Å². The molecule has 3 aromatic heterocycles. The quantitative estimate of drug-likeness (QED) is 0.650. The Morgan fingerprint density at radius 1 is 1.13 bits per heavy atom. The molecule has 1 N–H and O–H groups in total. The highest BCUT2D eigenvalue weighted by Crippen LogP contribution is 2.29. The van der Waals surface area contributed by atoms with E-state index in [4.69, 9.17) is 0 Å². The smallest absolute Gasteiger partial charge is 0.234 e. The zero-order valence-electron chi connectivity index (χ0n) is 17.2. The number of rotatable bonds is 7. The van der Waals surface area contributed by atoms with Crippen LogP contribution < -0.4 is 5.32 Å². The lowest BCUT2D eigenvalue weighted by atomic mass is 9.91. The Bertz CT molecular complexity index is 936. The van der Waals surface area contributed by atoms with Crippen molar-refractivity contribution in [1.29, 1.82) is 0 Å². The molecule has 0 bridgehead atoms. The minimum absolute atomic E-state index is 0.0777. The Balaban J connectivity index is 1.23. The van der Waals surface area contributed by atoms with Gasteiger partial charge in [-0.15, -0.1) is 0 Å². The fourth-order valence-corrected chi connectivity index (χ4v) is 3.98. The first-order chi connectivity index (χ1) is 14.7. The van der Waals surface area contributed by atoms with Gasteiger partial charge in [0, 0.05) is 49.1 Å². The van der Waals surface area contributed by atoms with Gasteiger partial charge in [0.15, 0.2) is 0 Å². The number of likely N-dealkylation sites (N-methyl/N-ethyl adjacent to an activating group) is 1. The minimum Gasteiger partial charge on any atom is -0.352 e. The number of carbonyl (C=O) groups is 1. The molecule has 1 saturated carbocycles. The molecule has 1 aliphatic rings. The number of pyridine rings is 1. The Kier molecular flexibility index (Phi) is 6.44. The summed E-state index contributed by atoms with van der Waals surface area (Å²) < 4.78 is 2.03. The lowest BCUT2D eigenvalue weighted by molar-refractivity contribution is -0.123. The van der Waals surface area contributed by atoms with E-state index in [1.165, 1.54) is 0 Å². The Hall–Kier alpha value is -3.13. The molecule has 0 aliphatic heterocycles. The topological polar surface area (TPSA) is 88.8 Å². The maximum Gasteiger partial charge on any atom is 0.234 e. The third-order valence-electron chi connectivity index (χ3n) is 5.49. The molecule has 0 unspecified atom stereocenters. The molecule has 8 heteroatoms.